The summed E-state index contributed by atoms with van der Waals surface area (Å²) in [7, 11) is 1.46. The first kappa shape index (κ1) is 18.8. The highest BCUT2D eigenvalue weighted by atomic mass is 16.6. The lowest BCUT2D eigenvalue weighted by molar-refractivity contribution is -0.385. The van der Waals surface area contributed by atoms with Gasteiger partial charge in [-0.15, -0.1) is 0 Å². The molecule has 144 valence electrons. The van der Waals surface area contributed by atoms with Crippen LogP contribution in [0.3, 0.4) is 0 Å². The number of hydrazone groups is 1. The highest BCUT2D eigenvalue weighted by Gasteiger charge is 2.51. The summed E-state index contributed by atoms with van der Waals surface area (Å²) in [6, 6.07) is 8.65. The summed E-state index contributed by atoms with van der Waals surface area (Å²) in [5.74, 6) is -0.381. The van der Waals surface area contributed by atoms with Crippen LogP contribution >= 0.6 is 0 Å². The Balaban J connectivity index is 2.20. The molecule has 0 spiro atoms. The maximum Gasteiger partial charge on any atom is 0.332 e. The van der Waals surface area contributed by atoms with Crippen molar-refractivity contribution < 1.29 is 24.4 Å². The molecule has 0 fully saturated rings. The average Bonchev–Trinajstić information content (AvgIpc) is 2.92. The third-order valence-electron chi connectivity index (χ3n) is 4.16. The van der Waals surface area contributed by atoms with Gasteiger partial charge in [-0.2, -0.15) is 5.10 Å². The fourth-order valence-electron chi connectivity index (χ4n) is 2.84. The number of hydrogen-bond donors (Lipinski definition) is 4. The summed E-state index contributed by atoms with van der Waals surface area (Å²) in [6.45, 7) is 0. The zero-order valence-electron chi connectivity index (χ0n) is 14.5. The number of non-ortho nitro benzene ring substituents is 1. The van der Waals surface area contributed by atoms with Crippen molar-refractivity contribution in [2.45, 2.75) is 5.60 Å². The van der Waals surface area contributed by atoms with E-state index < -0.39 is 22.5 Å². The first-order chi connectivity index (χ1) is 13.3. The number of primary amides is 1. The fraction of sp³-hybridized carbons (Fsp3) is 0.118. The summed E-state index contributed by atoms with van der Waals surface area (Å²) in [4.78, 5) is 34.2. The van der Waals surface area contributed by atoms with Gasteiger partial charge < -0.3 is 20.9 Å². The van der Waals surface area contributed by atoms with E-state index in [1.165, 1.54) is 31.4 Å². The zero-order valence-corrected chi connectivity index (χ0v) is 14.5. The Morgan fingerprint density at radius 1 is 1.32 bits per heavy atom. The number of nitrogens with zero attached hydrogens (tertiary/aromatic N) is 2. The first-order valence-electron chi connectivity index (χ1n) is 7.88. The molecule has 3 rings (SSSR count). The van der Waals surface area contributed by atoms with Crippen LogP contribution in [-0.2, 0) is 10.4 Å². The van der Waals surface area contributed by atoms with E-state index in [0.717, 1.165) is 6.07 Å². The number of nitro benzene ring substituents is 1. The Kier molecular flexibility index (Phi) is 4.67. The van der Waals surface area contributed by atoms with Crippen LogP contribution in [0.1, 0.15) is 11.1 Å². The molecule has 0 saturated carbocycles. The number of amides is 3. The number of hydrogen-bond acceptors (Lipinski definition) is 7. The first-order valence-corrected chi connectivity index (χ1v) is 7.88. The summed E-state index contributed by atoms with van der Waals surface area (Å²) in [5.41, 5.74) is 4.39. The van der Waals surface area contributed by atoms with Gasteiger partial charge in [-0.05, 0) is 30.3 Å². The Morgan fingerprint density at radius 2 is 2.00 bits per heavy atom. The van der Waals surface area contributed by atoms with Crippen molar-refractivity contribution in [1.29, 1.82) is 0 Å². The number of nitrogens with two attached hydrogens (primary N) is 1. The third-order valence-corrected chi connectivity index (χ3v) is 4.16. The molecule has 1 unspecified atom stereocenters. The number of ether oxygens (including phenoxy) is 1. The lowest BCUT2D eigenvalue weighted by Crippen LogP contribution is -2.44. The molecule has 0 radical (unpaired) electrons. The molecule has 0 saturated heterocycles. The molecule has 1 aliphatic rings. The van der Waals surface area contributed by atoms with Gasteiger partial charge in [0.1, 0.15) is 11.5 Å². The van der Waals surface area contributed by atoms with Crippen LogP contribution in [0, 0.1) is 10.1 Å². The number of nitro groups is 1. The predicted octanol–water partition coefficient (Wildman–Crippen LogP) is 0.816. The van der Waals surface area contributed by atoms with Crippen molar-refractivity contribution in [1.82, 2.24) is 5.43 Å². The van der Waals surface area contributed by atoms with E-state index in [9.17, 15) is 24.8 Å². The second kappa shape index (κ2) is 6.96. The molecule has 1 aliphatic heterocycles. The van der Waals surface area contributed by atoms with Gasteiger partial charge >= 0.3 is 6.03 Å². The number of carbonyl (C=O) groups is 2. The Bertz CT molecular complexity index is 1000. The third kappa shape index (κ3) is 3.10. The molecule has 11 heteroatoms. The Hall–Kier alpha value is -3.99. The molecule has 0 aromatic heterocycles. The fourth-order valence-corrected chi connectivity index (χ4v) is 2.84. The normalized spacial score (nSPS) is 18.2. The van der Waals surface area contributed by atoms with Crippen LogP contribution in [0.5, 0.6) is 5.75 Å². The van der Waals surface area contributed by atoms with Crippen LogP contribution in [-0.4, -0.2) is 34.8 Å². The maximum absolute atomic E-state index is 12.6. The van der Waals surface area contributed by atoms with Crippen LogP contribution in [0.4, 0.5) is 16.2 Å². The van der Waals surface area contributed by atoms with E-state index in [1.807, 2.05) is 5.43 Å². The SMILES string of the molecule is COc1ccc(/C(=N/NC(N)=O)C2(O)C(=O)Nc3ccc([N+](=O)[O-])cc32)cc1. The molecule has 1 atom stereocenters. The molecule has 11 nitrogen and oxygen atoms in total. The van der Waals surface area contributed by atoms with Gasteiger partial charge in [-0.1, -0.05) is 0 Å². The van der Waals surface area contributed by atoms with Crippen LogP contribution in [0.15, 0.2) is 47.6 Å². The molecule has 0 aliphatic carbocycles. The maximum atomic E-state index is 12.6. The molecule has 1 heterocycles. The predicted molar refractivity (Wildman–Crippen MR) is 97.9 cm³/mol. The number of urea groups is 1. The van der Waals surface area contributed by atoms with Crippen molar-refractivity contribution >= 4 is 29.0 Å². The van der Waals surface area contributed by atoms with Gasteiger partial charge in [-0.25, -0.2) is 10.2 Å². The number of anilines is 1. The molecular weight excluding hydrogens is 370 g/mol. The molecular formula is C17H15N5O6. The summed E-state index contributed by atoms with van der Waals surface area (Å²) < 4.78 is 5.07. The summed E-state index contributed by atoms with van der Waals surface area (Å²) >= 11 is 0. The van der Waals surface area contributed by atoms with E-state index in [1.54, 1.807) is 12.1 Å². The Labute approximate surface area is 157 Å². The summed E-state index contributed by atoms with van der Waals surface area (Å²) in [6.07, 6.45) is 0. The van der Waals surface area contributed by atoms with Gasteiger partial charge in [0.05, 0.1) is 12.0 Å². The van der Waals surface area contributed by atoms with E-state index in [-0.39, 0.29) is 28.2 Å². The highest BCUT2D eigenvalue weighted by Crippen LogP contribution is 2.40. The smallest absolute Gasteiger partial charge is 0.332 e. The monoisotopic (exact) mass is 385 g/mol. The standard InChI is InChI=1S/C17H15N5O6/c1-28-11-5-2-9(3-6-11)14(20-21-16(18)24)17(25)12-8-10(22(26)27)4-7-13(12)19-15(17)23/h2-8,25H,1H3,(H,19,23)(H3,18,21,24)/b20-14-. The van der Waals surface area contributed by atoms with Gasteiger partial charge in [0.15, 0.2) is 0 Å². The zero-order chi connectivity index (χ0) is 20.5. The molecule has 28 heavy (non-hydrogen) atoms. The van der Waals surface area contributed by atoms with E-state index in [2.05, 4.69) is 10.4 Å². The van der Waals surface area contributed by atoms with Crippen LogP contribution in [0.2, 0.25) is 0 Å². The van der Waals surface area contributed by atoms with E-state index in [4.69, 9.17) is 10.5 Å². The number of carbonyl (C=O) groups excluding carboxylic acids is 2. The summed E-state index contributed by atoms with van der Waals surface area (Å²) in [5, 5.41) is 28.7. The van der Waals surface area contributed by atoms with E-state index >= 15 is 0 Å². The molecule has 2 aromatic carbocycles. The molecule has 2 aromatic rings. The number of benzene rings is 2. The number of nitrogens with one attached hydrogen (secondary N) is 2. The van der Waals surface area contributed by atoms with Crippen LogP contribution in [0.25, 0.3) is 0 Å². The minimum atomic E-state index is -2.40. The van der Waals surface area contributed by atoms with E-state index in [0.29, 0.717) is 5.75 Å². The van der Waals surface area contributed by atoms with Gasteiger partial charge in [0, 0.05) is 28.9 Å². The molecule has 5 N–H and O–H groups in total. The van der Waals surface area contributed by atoms with Crippen molar-refractivity contribution in [3.05, 3.63) is 63.7 Å². The van der Waals surface area contributed by atoms with Gasteiger partial charge in [-0.3, -0.25) is 14.9 Å². The number of fused-ring (bicyclic) bond motifs is 1. The lowest BCUT2D eigenvalue weighted by atomic mass is 9.86. The lowest BCUT2D eigenvalue weighted by Gasteiger charge is -2.23. The number of rotatable bonds is 5. The largest absolute Gasteiger partial charge is 0.497 e. The number of methoxy groups -OCH3 is 1. The molecule has 3 amide bonds. The molecule has 0 bridgehead atoms. The number of aliphatic hydroxyl groups is 1. The minimum absolute atomic E-state index is 0.0764. The van der Waals surface area contributed by atoms with Gasteiger partial charge in [0.25, 0.3) is 11.6 Å². The van der Waals surface area contributed by atoms with Crippen LogP contribution < -0.4 is 21.2 Å². The quantitative estimate of drug-likeness (QED) is 0.337. The van der Waals surface area contributed by atoms with Crippen molar-refractivity contribution in [2.75, 3.05) is 12.4 Å². The minimum Gasteiger partial charge on any atom is -0.497 e. The highest BCUT2D eigenvalue weighted by molar-refractivity contribution is 6.26. The average molecular weight is 385 g/mol. The van der Waals surface area contributed by atoms with Crippen molar-refractivity contribution in [3.63, 3.8) is 0 Å². The second-order valence-corrected chi connectivity index (χ2v) is 5.82. The van der Waals surface area contributed by atoms with Gasteiger partial charge in [0.2, 0.25) is 5.60 Å². The second-order valence-electron chi connectivity index (χ2n) is 5.82. The Morgan fingerprint density at radius 3 is 2.57 bits per heavy atom. The van der Waals surface area contributed by atoms with Crippen molar-refractivity contribution in [2.24, 2.45) is 10.8 Å². The topological polar surface area (TPSA) is 169 Å². The van der Waals surface area contributed by atoms with Crippen molar-refractivity contribution in [3.8, 4) is 5.75 Å².